The quantitative estimate of drug-likeness (QED) is 0.644. The Morgan fingerprint density at radius 3 is 2.67 bits per heavy atom. The SMILES string of the molecule is O=C(O)c1ccc2oc(-c3cccc(C4CCC(C(F)(F)F)C4)c3)nc2c1. The summed E-state index contributed by atoms with van der Waals surface area (Å²) in [6, 6.07) is 11.6. The third-order valence-corrected chi connectivity index (χ3v) is 5.14. The molecule has 7 heteroatoms. The molecule has 2 aromatic carbocycles. The van der Waals surface area contributed by atoms with Gasteiger partial charge in [0, 0.05) is 5.56 Å². The number of halogens is 3. The smallest absolute Gasteiger partial charge is 0.391 e. The van der Waals surface area contributed by atoms with Crippen LogP contribution in [0.3, 0.4) is 0 Å². The highest BCUT2D eigenvalue weighted by Gasteiger charge is 2.44. The minimum atomic E-state index is -4.14. The van der Waals surface area contributed by atoms with Crippen molar-refractivity contribution < 1.29 is 27.5 Å². The van der Waals surface area contributed by atoms with Crippen molar-refractivity contribution in [1.29, 1.82) is 0 Å². The first-order valence-electron chi connectivity index (χ1n) is 8.62. The van der Waals surface area contributed by atoms with Crippen LogP contribution in [0.15, 0.2) is 46.9 Å². The van der Waals surface area contributed by atoms with Crippen LogP contribution in [-0.2, 0) is 0 Å². The molecule has 2 atom stereocenters. The molecule has 0 radical (unpaired) electrons. The molecule has 2 unspecified atom stereocenters. The van der Waals surface area contributed by atoms with Gasteiger partial charge in [0.05, 0.1) is 11.5 Å². The molecule has 0 spiro atoms. The van der Waals surface area contributed by atoms with Gasteiger partial charge in [-0.3, -0.25) is 0 Å². The lowest BCUT2D eigenvalue weighted by Crippen LogP contribution is -2.19. The van der Waals surface area contributed by atoms with Crippen molar-refractivity contribution in [3.8, 4) is 11.5 Å². The van der Waals surface area contributed by atoms with E-state index in [1.54, 1.807) is 18.2 Å². The van der Waals surface area contributed by atoms with Gasteiger partial charge < -0.3 is 9.52 Å². The van der Waals surface area contributed by atoms with Crippen LogP contribution in [0.1, 0.15) is 41.1 Å². The number of aromatic carboxylic acids is 1. The van der Waals surface area contributed by atoms with Gasteiger partial charge in [0.15, 0.2) is 5.58 Å². The lowest BCUT2D eigenvalue weighted by atomic mass is 9.94. The Balaban J connectivity index is 1.63. The fourth-order valence-electron chi connectivity index (χ4n) is 3.69. The van der Waals surface area contributed by atoms with Crippen LogP contribution in [-0.4, -0.2) is 22.2 Å². The molecule has 3 aromatic rings. The van der Waals surface area contributed by atoms with Gasteiger partial charge in [0.2, 0.25) is 5.89 Å². The molecule has 1 aliphatic rings. The Bertz CT molecular complexity index is 1010. The number of nitrogens with zero attached hydrogens (tertiary/aromatic N) is 1. The van der Waals surface area contributed by atoms with E-state index in [0.29, 0.717) is 29.0 Å². The van der Waals surface area contributed by atoms with Crippen molar-refractivity contribution in [2.75, 3.05) is 0 Å². The van der Waals surface area contributed by atoms with Crippen LogP contribution in [0.2, 0.25) is 0 Å². The molecule has 0 saturated heterocycles. The highest BCUT2D eigenvalue weighted by atomic mass is 19.4. The fraction of sp³-hybridized carbons (Fsp3) is 0.300. The zero-order valence-electron chi connectivity index (χ0n) is 14.2. The number of oxazole rings is 1. The molecule has 1 fully saturated rings. The summed E-state index contributed by atoms with van der Waals surface area (Å²) in [6.45, 7) is 0. The van der Waals surface area contributed by atoms with Crippen molar-refractivity contribution in [2.24, 2.45) is 5.92 Å². The summed E-state index contributed by atoms with van der Waals surface area (Å²) in [5.41, 5.74) is 2.50. The molecule has 1 heterocycles. The van der Waals surface area contributed by atoms with Gasteiger partial charge in [-0.25, -0.2) is 9.78 Å². The normalized spacial score (nSPS) is 20.3. The first-order valence-corrected chi connectivity index (χ1v) is 8.62. The summed E-state index contributed by atoms with van der Waals surface area (Å²) in [5.74, 6) is -2.12. The molecular weight excluding hydrogens is 359 g/mol. The summed E-state index contributed by atoms with van der Waals surface area (Å²) >= 11 is 0. The van der Waals surface area contributed by atoms with Crippen LogP contribution in [0.25, 0.3) is 22.6 Å². The van der Waals surface area contributed by atoms with Crippen LogP contribution in [0.4, 0.5) is 13.2 Å². The highest BCUT2D eigenvalue weighted by molar-refractivity contribution is 5.92. The Morgan fingerprint density at radius 2 is 1.96 bits per heavy atom. The summed E-state index contributed by atoms with van der Waals surface area (Å²) in [4.78, 5) is 15.4. The summed E-state index contributed by atoms with van der Waals surface area (Å²) in [6.07, 6.45) is -3.39. The second-order valence-electron chi connectivity index (χ2n) is 6.88. The molecule has 0 aliphatic heterocycles. The maximum Gasteiger partial charge on any atom is 0.391 e. The van der Waals surface area contributed by atoms with E-state index in [1.165, 1.54) is 12.1 Å². The van der Waals surface area contributed by atoms with Crippen molar-refractivity contribution in [3.63, 3.8) is 0 Å². The summed E-state index contributed by atoms with van der Waals surface area (Å²) in [7, 11) is 0. The average Bonchev–Trinajstić information content (AvgIpc) is 3.28. The Hall–Kier alpha value is -2.83. The first-order chi connectivity index (χ1) is 12.8. The maximum absolute atomic E-state index is 12.9. The maximum atomic E-state index is 12.9. The second-order valence-corrected chi connectivity index (χ2v) is 6.88. The van der Waals surface area contributed by atoms with Crippen molar-refractivity contribution in [1.82, 2.24) is 4.98 Å². The van der Waals surface area contributed by atoms with Crippen LogP contribution >= 0.6 is 0 Å². The number of carboxylic acids is 1. The van der Waals surface area contributed by atoms with Gasteiger partial charge >= 0.3 is 12.1 Å². The van der Waals surface area contributed by atoms with Gasteiger partial charge in [0.1, 0.15) is 5.52 Å². The molecular formula is C20H16F3NO3. The summed E-state index contributed by atoms with van der Waals surface area (Å²) in [5, 5.41) is 9.07. The predicted octanol–water partition coefficient (Wildman–Crippen LogP) is 5.64. The average molecular weight is 375 g/mol. The van der Waals surface area contributed by atoms with E-state index in [0.717, 1.165) is 5.56 Å². The molecule has 1 aromatic heterocycles. The third-order valence-electron chi connectivity index (χ3n) is 5.14. The molecule has 1 aliphatic carbocycles. The van der Waals surface area contributed by atoms with E-state index >= 15 is 0 Å². The van der Waals surface area contributed by atoms with E-state index in [-0.39, 0.29) is 24.3 Å². The second kappa shape index (κ2) is 6.40. The van der Waals surface area contributed by atoms with Gasteiger partial charge in [-0.05, 0) is 61.1 Å². The summed E-state index contributed by atoms with van der Waals surface area (Å²) < 4.78 is 44.5. The Morgan fingerprint density at radius 1 is 1.15 bits per heavy atom. The molecule has 0 bridgehead atoms. The molecule has 1 N–H and O–H groups in total. The minimum Gasteiger partial charge on any atom is -0.478 e. The number of alkyl halides is 3. The van der Waals surface area contributed by atoms with E-state index in [1.807, 2.05) is 12.1 Å². The number of carbonyl (C=O) groups is 1. The monoisotopic (exact) mass is 375 g/mol. The van der Waals surface area contributed by atoms with Gasteiger partial charge in [0.25, 0.3) is 0 Å². The fourth-order valence-corrected chi connectivity index (χ4v) is 3.69. The van der Waals surface area contributed by atoms with E-state index in [9.17, 15) is 18.0 Å². The van der Waals surface area contributed by atoms with Crippen LogP contribution in [0, 0.1) is 5.92 Å². The number of hydrogen-bond donors (Lipinski definition) is 1. The Labute approximate surface area is 152 Å². The zero-order chi connectivity index (χ0) is 19.2. The standard InChI is InChI=1S/C20H16F3NO3/c21-20(22,23)15-6-4-12(9-15)11-2-1-3-13(8-11)18-24-16-10-14(19(25)26)5-7-17(16)27-18/h1-3,5,7-8,10,12,15H,4,6,9H2,(H,25,26). The van der Waals surface area contributed by atoms with Crippen molar-refractivity contribution in [3.05, 3.63) is 53.6 Å². The third kappa shape index (κ3) is 3.41. The lowest BCUT2D eigenvalue weighted by molar-refractivity contribution is -0.172. The van der Waals surface area contributed by atoms with Gasteiger partial charge in [-0.1, -0.05) is 12.1 Å². The van der Waals surface area contributed by atoms with Crippen molar-refractivity contribution in [2.45, 2.75) is 31.4 Å². The van der Waals surface area contributed by atoms with Gasteiger partial charge in [-0.15, -0.1) is 0 Å². The number of aromatic nitrogens is 1. The van der Waals surface area contributed by atoms with E-state index in [2.05, 4.69) is 4.98 Å². The molecule has 0 amide bonds. The minimum absolute atomic E-state index is 0.0997. The molecule has 27 heavy (non-hydrogen) atoms. The van der Waals surface area contributed by atoms with Gasteiger partial charge in [-0.2, -0.15) is 13.2 Å². The van der Waals surface area contributed by atoms with E-state index < -0.39 is 18.1 Å². The Kier molecular flexibility index (Phi) is 4.17. The van der Waals surface area contributed by atoms with Crippen LogP contribution < -0.4 is 0 Å². The first kappa shape index (κ1) is 17.6. The number of carboxylic acid groups (broad SMARTS) is 1. The molecule has 140 valence electrons. The number of fused-ring (bicyclic) bond motifs is 1. The van der Waals surface area contributed by atoms with Crippen LogP contribution in [0.5, 0.6) is 0 Å². The number of benzene rings is 2. The zero-order valence-corrected chi connectivity index (χ0v) is 14.2. The number of hydrogen-bond acceptors (Lipinski definition) is 3. The topological polar surface area (TPSA) is 63.3 Å². The molecule has 4 rings (SSSR count). The largest absolute Gasteiger partial charge is 0.478 e. The predicted molar refractivity (Wildman–Crippen MR) is 92.5 cm³/mol. The van der Waals surface area contributed by atoms with Crippen molar-refractivity contribution >= 4 is 17.1 Å². The van der Waals surface area contributed by atoms with E-state index in [4.69, 9.17) is 9.52 Å². The molecule has 4 nitrogen and oxygen atoms in total. The molecule has 1 saturated carbocycles. The number of rotatable bonds is 3. The lowest BCUT2D eigenvalue weighted by Gasteiger charge is -2.15. The highest BCUT2D eigenvalue weighted by Crippen LogP contribution is 2.46.